The standard InChI is InChI=1S/C14H14F3N3OS/c15-14(16,17)10-18-13(21)9-22-8-11-2-4-12(5-3-11)20-7-1-6-19-20/h1-7H,8-10H2,(H,18,21). The molecule has 0 saturated heterocycles. The minimum atomic E-state index is -4.37. The van der Waals surface area contributed by atoms with Gasteiger partial charge in [0.25, 0.3) is 0 Å². The predicted molar refractivity (Wildman–Crippen MR) is 78.8 cm³/mol. The fraction of sp³-hybridized carbons (Fsp3) is 0.286. The number of alkyl halides is 3. The van der Waals surface area contributed by atoms with Gasteiger partial charge in [-0.05, 0) is 23.8 Å². The Kier molecular flexibility index (Phi) is 5.48. The van der Waals surface area contributed by atoms with Crippen LogP contribution in [0.5, 0.6) is 0 Å². The molecular formula is C14H14F3N3OS. The number of thioether (sulfide) groups is 1. The maximum absolute atomic E-state index is 11.9. The maximum atomic E-state index is 11.9. The van der Waals surface area contributed by atoms with Crippen molar-refractivity contribution >= 4 is 17.7 Å². The second-order valence-electron chi connectivity index (χ2n) is 4.50. The summed E-state index contributed by atoms with van der Waals surface area (Å²) in [6.45, 7) is -1.29. The Labute approximate surface area is 129 Å². The van der Waals surface area contributed by atoms with Gasteiger partial charge in [-0.3, -0.25) is 4.79 Å². The van der Waals surface area contributed by atoms with Gasteiger partial charge in [0.05, 0.1) is 11.4 Å². The number of nitrogens with one attached hydrogen (secondary N) is 1. The summed E-state index contributed by atoms with van der Waals surface area (Å²) in [7, 11) is 0. The normalized spacial score (nSPS) is 11.4. The van der Waals surface area contributed by atoms with Gasteiger partial charge in [-0.15, -0.1) is 11.8 Å². The quantitative estimate of drug-likeness (QED) is 0.886. The van der Waals surface area contributed by atoms with Crippen molar-refractivity contribution in [3.63, 3.8) is 0 Å². The average Bonchev–Trinajstić information content (AvgIpc) is 2.99. The molecule has 2 aromatic rings. The van der Waals surface area contributed by atoms with Crippen LogP contribution in [-0.4, -0.2) is 34.2 Å². The third-order valence-electron chi connectivity index (χ3n) is 2.69. The monoisotopic (exact) mass is 329 g/mol. The third kappa shape index (κ3) is 5.44. The Morgan fingerprint density at radius 2 is 2.00 bits per heavy atom. The lowest BCUT2D eigenvalue weighted by Crippen LogP contribution is -2.34. The molecular weight excluding hydrogens is 315 g/mol. The van der Waals surface area contributed by atoms with Crippen molar-refractivity contribution in [2.24, 2.45) is 0 Å². The van der Waals surface area contributed by atoms with Gasteiger partial charge in [0.1, 0.15) is 6.54 Å². The van der Waals surface area contributed by atoms with Crippen LogP contribution in [-0.2, 0) is 10.5 Å². The lowest BCUT2D eigenvalue weighted by molar-refractivity contribution is -0.136. The summed E-state index contributed by atoms with van der Waals surface area (Å²) >= 11 is 1.27. The first-order valence-corrected chi connectivity index (χ1v) is 7.60. The van der Waals surface area contributed by atoms with Gasteiger partial charge in [-0.1, -0.05) is 12.1 Å². The van der Waals surface area contributed by atoms with E-state index in [0.717, 1.165) is 11.3 Å². The molecule has 1 amide bonds. The molecule has 0 atom stereocenters. The highest BCUT2D eigenvalue weighted by molar-refractivity contribution is 7.99. The number of hydrogen-bond donors (Lipinski definition) is 1. The molecule has 0 aliphatic carbocycles. The zero-order valence-electron chi connectivity index (χ0n) is 11.5. The number of halogens is 3. The third-order valence-corrected chi connectivity index (χ3v) is 3.70. The molecule has 0 bridgehead atoms. The molecule has 118 valence electrons. The molecule has 1 aromatic heterocycles. The Bertz CT molecular complexity index is 597. The fourth-order valence-corrected chi connectivity index (χ4v) is 2.50. The van der Waals surface area contributed by atoms with Gasteiger partial charge in [0.15, 0.2) is 0 Å². The molecule has 0 unspecified atom stereocenters. The number of carbonyl (C=O) groups excluding carboxylic acids is 1. The zero-order valence-corrected chi connectivity index (χ0v) is 12.3. The highest BCUT2D eigenvalue weighted by atomic mass is 32.2. The van der Waals surface area contributed by atoms with E-state index in [-0.39, 0.29) is 5.75 Å². The van der Waals surface area contributed by atoms with Crippen LogP contribution < -0.4 is 5.32 Å². The molecule has 2 rings (SSSR count). The second kappa shape index (κ2) is 7.35. The molecule has 8 heteroatoms. The molecule has 22 heavy (non-hydrogen) atoms. The van der Waals surface area contributed by atoms with Gasteiger partial charge >= 0.3 is 6.18 Å². The lowest BCUT2D eigenvalue weighted by Gasteiger charge is -2.08. The number of nitrogens with zero attached hydrogens (tertiary/aromatic N) is 2. The van der Waals surface area contributed by atoms with Crippen molar-refractivity contribution in [1.82, 2.24) is 15.1 Å². The van der Waals surface area contributed by atoms with Crippen molar-refractivity contribution < 1.29 is 18.0 Å². The van der Waals surface area contributed by atoms with E-state index < -0.39 is 18.6 Å². The minimum absolute atomic E-state index is 0.00299. The van der Waals surface area contributed by atoms with Gasteiger partial charge in [0.2, 0.25) is 5.91 Å². The Morgan fingerprint density at radius 3 is 2.59 bits per heavy atom. The first kappa shape index (κ1) is 16.4. The molecule has 0 aliphatic heterocycles. The van der Waals surface area contributed by atoms with Crippen molar-refractivity contribution in [1.29, 1.82) is 0 Å². The van der Waals surface area contributed by atoms with E-state index in [1.807, 2.05) is 41.8 Å². The summed E-state index contributed by atoms with van der Waals surface area (Å²) in [4.78, 5) is 11.2. The fourth-order valence-electron chi connectivity index (χ4n) is 1.68. The lowest BCUT2D eigenvalue weighted by atomic mass is 10.2. The Morgan fingerprint density at radius 1 is 1.27 bits per heavy atom. The van der Waals surface area contributed by atoms with E-state index >= 15 is 0 Å². The van der Waals surface area contributed by atoms with Gasteiger partial charge in [-0.2, -0.15) is 18.3 Å². The number of aromatic nitrogens is 2. The highest BCUT2D eigenvalue weighted by Gasteiger charge is 2.27. The smallest absolute Gasteiger partial charge is 0.346 e. The van der Waals surface area contributed by atoms with Crippen LogP contribution in [0.25, 0.3) is 5.69 Å². The van der Waals surface area contributed by atoms with Crippen molar-refractivity contribution in [3.8, 4) is 5.69 Å². The van der Waals surface area contributed by atoms with Gasteiger partial charge in [0, 0.05) is 18.1 Å². The summed E-state index contributed by atoms with van der Waals surface area (Å²) in [6, 6.07) is 9.41. The van der Waals surface area contributed by atoms with Gasteiger partial charge in [-0.25, -0.2) is 4.68 Å². The number of benzene rings is 1. The van der Waals surface area contributed by atoms with Crippen LogP contribution in [0, 0.1) is 0 Å². The van der Waals surface area contributed by atoms with Crippen LogP contribution in [0.2, 0.25) is 0 Å². The SMILES string of the molecule is O=C(CSCc1ccc(-n2cccn2)cc1)NCC(F)(F)F. The van der Waals surface area contributed by atoms with Crippen molar-refractivity contribution in [3.05, 3.63) is 48.3 Å². The Hall–Kier alpha value is -1.96. The first-order valence-electron chi connectivity index (χ1n) is 6.44. The number of hydrogen-bond acceptors (Lipinski definition) is 3. The van der Waals surface area contributed by atoms with Crippen LogP contribution in [0.15, 0.2) is 42.7 Å². The maximum Gasteiger partial charge on any atom is 0.405 e. The molecule has 0 fully saturated rings. The van der Waals surface area contributed by atoms with Crippen LogP contribution in [0.1, 0.15) is 5.56 Å². The number of carbonyl (C=O) groups is 1. The summed E-state index contributed by atoms with van der Waals surface area (Å²) in [5.74, 6) is -0.0639. The predicted octanol–water partition coefficient (Wildman–Crippen LogP) is 2.78. The summed E-state index contributed by atoms with van der Waals surface area (Å²) < 4.78 is 37.5. The van der Waals surface area contributed by atoms with Crippen LogP contribution in [0.4, 0.5) is 13.2 Å². The Balaban J connectivity index is 1.74. The number of amides is 1. The number of rotatable bonds is 6. The van der Waals surface area contributed by atoms with E-state index in [1.165, 1.54) is 11.8 Å². The molecule has 1 heterocycles. The average molecular weight is 329 g/mol. The largest absolute Gasteiger partial charge is 0.405 e. The molecule has 0 saturated carbocycles. The highest BCUT2D eigenvalue weighted by Crippen LogP contribution is 2.15. The zero-order chi connectivity index (χ0) is 16.0. The molecule has 0 spiro atoms. The second-order valence-corrected chi connectivity index (χ2v) is 5.49. The summed E-state index contributed by atoms with van der Waals surface area (Å²) in [5.41, 5.74) is 1.91. The summed E-state index contributed by atoms with van der Waals surface area (Å²) in [5, 5.41) is 5.95. The van der Waals surface area contributed by atoms with Crippen molar-refractivity contribution in [2.45, 2.75) is 11.9 Å². The summed E-state index contributed by atoms with van der Waals surface area (Å²) in [6.07, 6.45) is -0.860. The van der Waals surface area contributed by atoms with Gasteiger partial charge < -0.3 is 5.32 Å². The van der Waals surface area contributed by atoms with E-state index in [2.05, 4.69) is 5.10 Å². The van der Waals surface area contributed by atoms with Crippen LogP contribution in [0.3, 0.4) is 0 Å². The van der Waals surface area contributed by atoms with E-state index in [9.17, 15) is 18.0 Å². The van der Waals surface area contributed by atoms with E-state index in [1.54, 1.807) is 10.9 Å². The topological polar surface area (TPSA) is 46.9 Å². The first-order chi connectivity index (χ1) is 10.4. The molecule has 1 aromatic carbocycles. The van der Waals surface area contributed by atoms with E-state index in [4.69, 9.17) is 0 Å². The molecule has 1 N–H and O–H groups in total. The molecule has 0 aliphatic rings. The van der Waals surface area contributed by atoms with E-state index in [0.29, 0.717) is 5.75 Å². The van der Waals surface area contributed by atoms with Crippen molar-refractivity contribution in [2.75, 3.05) is 12.3 Å². The minimum Gasteiger partial charge on any atom is -0.346 e. The molecule has 0 radical (unpaired) electrons. The molecule has 4 nitrogen and oxygen atoms in total. The van der Waals surface area contributed by atoms with Crippen LogP contribution >= 0.6 is 11.8 Å².